The van der Waals surface area contributed by atoms with Gasteiger partial charge in [-0.3, -0.25) is 0 Å². The van der Waals surface area contributed by atoms with Gasteiger partial charge in [0.15, 0.2) is 8.38 Å². The highest BCUT2D eigenvalue weighted by molar-refractivity contribution is 7.49. The highest BCUT2D eigenvalue weighted by Gasteiger charge is 2.38. The number of benzene rings is 1. The summed E-state index contributed by atoms with van der Waals surface area (Å²) in [7, 11) is 1.19. The van der Waals surface area contributed by atoms with Crippen LogP contribution in [-0.4, -0.2) is 36.4 Å². The van der Waals surface area contributed by atoms with Crippen molar-refractivity contribution < 1.29 is 24.0 Å². The number of ether oxygens (including phenoxy) is 2. The summed E-state index contributed by atoms with van der Waals surface area (Å²) >= 11 is 0. The molecule has 1 fully saturated rings. The van der Waals surface area contributed by atoms with E-state index in [4.69, 9.17) is 14.0 Å². The highest BCUT2D eigenvalue weighted by Crippen LogP contribution is 2.40. The molecule has 0 aliphatic carbocycles. The maximum Gasteiger partial charge on any atom is 0.197 e. The van der Waals surface area contributed by atoms with E-state index < -0.39 is 14.5 Å². The molecular formula is C16H25O5P. The van der Waals surface area contributed by atoms with E-state index >= 15 is 0 Å². The zero-order valence-electron chi connectivity index (χ0n) is 13.5. The van der Waals surface area contributed by atoms with Crippen LogP contribution in [0.3, 0.4) is 0 Å². The van der Waals surface area contributed by atoms with Crippen molar-refractivity contribution in [1.29, 1.82) is 0 Å². The summed E-state index contributed by atoms with van der Waals surface area (Å²) in [5.41, 5.74) is 1.04. The second-order valence-electron chi connectivity index (χ2n) is 4.50. The van der Waals surface area contributed by atoms with Gasteiger partial charge in [-0.15, -0.1) is 0 Å². The van der Waals surface area contributed by atoms with Crippen molar-refractivity contribution in [2.45, 2.75) is 38.6 Å². The molecule has 0 bridgehead atoms. The first-order valence-electron chi connectivity index (χ1n) is 7.31. The van der Waals surface area contributed by atoms with Crippen LogP contribution in [-0.2, 0) is 14.0 Å². The van der Waals surface area contributed by atoms with E-state index in [9.17, 15) is 10.00 Å². The minimum absolute atomic E-state index is 0.0502. The van der Waals surface area contributed by atoms with Crippen molar-refractivity contribution >= 4 is 8.38 Å². The van der Waals surface area contributed by atoms with Crippen LogP contribution in [0.25, 0.3) is 0 Å². The summed E-state index contributed by atoms with van der Waals surface area (Å²) in [6, 6.07) is 9.80. The molecule has 124 valence electrons. The Labute approximate surface area is 133 Å². The molecule has 2 rings (SSSR count). The summed E-state index contributed by atoms with van der Waals surface area (Å²) < 4.78 is 16.0. The van der Waals surface area contributed by atoms with Gasteiger partial charge in [0.1, 0.15) is 11.9 Å². The fourth-order valence-corrected chi connectivity index (χ4v) is 2.74. The van der Waals surface area contributed by atoms with E-state index in [1.54, 1.807) is 7.11 Å². The maximum atomic E-state index is 10.0. The van der Waals surface area contributed by atoms with Gasteiger partial charge < -0.3 is 24.0 Å². The number of methoxy groups -OCH3 is 1. The lowest BCUT2D eigenvalue weighted by atomic mass is 10.0. The second kappa shape index (κ2) is 9.93. The standard InChI is InChI=1S/C14H19O5P.C2H6/c1-17-13-8-12(10-6-4-3-5-7-10)19-14(13)11(15)9-20(16)18-2;1-2/h3-7,9,12-16H,8H2,1-2H3;1-2H3/b11-9-;/t12?,13-,14?,20?;/m0./s1. The fraction of sp³-hybridized carbons (Fsp3) is 0.500. The van der Waals surface area contributed by atoms with Gasteiger partial charge in [0.05, 0.1) is 12.2 Å². The van der Waals surface area contributed by atoms with Gasteiger partial charge in [0.25, 0.3) is 0 Å². The van der Waals surface area contributed by atoms with Crippen LogP contribution in [0.15, 0.2) is 41.9 Å². The minimum Gasteiger partial charge on any atom is -0.509 e. The Morgan fingerprint density at radius 2 is 1.91 bits per heavy atom. The fourth-order valence-electron chi connectivity index (χ4n) is 2.26. The molecule has 5 nitrogen and oxygen atoms in total. The molecule has 1 aliphatic heterocycles. The molecule has 1 aromatic rings. The Hall–Kier alpha value is -0.970. The third-order valence-corrected chi connectivity index (χ3v) is 4.15. The van der Waals surface area contributed by atoms with Gasteiger partial charge in [-0.1, -0.05) is 44.2 Å². The van der Waals surface area contributed by atoms with E-state index in [1.165, 1.54) is 12.9 Å². The van der Waals surface area contributed by atoms with Crippen molar-refractivity contribution in [3.8, 4) is 0 Å². The molecular weight excluding hydrogens is 303 g/mol. The van der Waals surface area contributed by atoms with Gasteiger partial charge >= 0.3 is 0 Å². The smallest absolute Gasteiger partial charge is 0.197 e. The number of hydrogen-bond acceptors (Lipinski definition) is 5. The number of aliphatic hydroxyl groups is 1. The number of rotatable bonds is 5. The minimum atomic E-state index is -1.77. The molecule has 3 unspecified atom stereocenters. The van der Waals surface area contributed by atoms with Gasteiger partial charge in [-0.2, -0.15) is 0 Å². The third kappa shape index (κ3) is 5.04. The SMILES string of the molecule is CC.CO[C@H]1CC(c2ccccc2)OC1/C(O)=C/P(O)OC. The molecule has 1 aromatic carbocycles. The molecule has 4 atom stereocenters. The summed E-state index contributed by atoms with van der Waals surface area (Å²) in [5.74, 6) is 1.23. The molecule has 22 heavy (non-hydrogen) atoms. The molecule has 1 saturated heterocycles. The van der Waals surface area contributed by atoms with Crippen LogP contribution in [0.4, 0.5) is 0 Å². The first-order valence-corrected chi connectivity index (χ1v) is 8.60. The van der Waals surface area contributed by atoms with Crippen molar-refractivity contribution in [1.82, 2.24) is 0 Å². The van der Waals surface area contributed by atoms with Crippen molar-refractivity contribution in [2.24, 2.45) is 0 Å². The Morgan fingerprint density at radius 1 is 1.27 bits per heavy atom. The van der Waals surface area contributed by atoms with Crippen molar-refractivity contribution in [3.05, 3.63) is 47.5 Å². The number of aliphatic hydroxyl groups excluding tert-OH is 1. The molecule has 1 aliphatic rings. The normalized spacial score (nSPS) is 26.2. The summed E-state index contributed by atoms with van der Waals surface area (Å²) in [4.78, 5) is 9.44. The zero-order valence-corrected chi connectivity index (χ0v) is 14.4. The van der Waals surface area contributed by atoms with E-state index in [0.29, 0.717) is 6.42 Å². The number of hydrogen-bond donors (Lipinski definition) is 2. The van der Waals surface area contributed by atoms with Gasteiger partial charge in [0, 0.05) is 26.5 Å². The zero-order chi connectivity index (χ0) is 16.5. The second-order valence-corrected chi connectivity index (χ2v) is 5.73. The van der Waals surface area contributed by atoms with Crippen LogP contribution in [0, 0.1) is 0 Å². The molecule has 0 aromatic heterocycles. The van der Waals surface area contributed by atoms with E-state index in [2.05, 4.69) is 0 Å². The summed E-state index contributed by atoms with van der Waals surface area (Å²) in [5, 5.41) is 10.0. The van der Waals surface area contributed by atoms with E-state index in [-0.39, 0.29) is 18.0 Å². The predicted octanol–water partition coefficient (Wildman–Crippen LogP) is 3.91. The topological polar surface area (TPSA) is 68.2 Å². The van der Waals surface area contributed by atoms with Crippen LogP contribution >= 0.6 is 8.38 Å². The first-order chi connectivity index (χ1) is 10.7. The van der Waals surface area contributed by atoms with Gasteiger partial charge in [0.2, 0.25) is 0 Å². The molecule has 0 saturated carbocycles. The third-order valence-electron chi connectivity index (χ3n) is 3.29. The quantitative estimate of drug-likeness (QED) is 0.633. The lowest BCUT2D eigenvalue weighted by molar-refractivity contribution is -0.00542. The average molecular weight is 328 g/mol. The van der Waals surface area contributed by atoms with E-state index in [1.807, 2.05) is 44.2 Å². The maximum absolute atomic E-state index is 10.0. The Kier molecular flexibility index (Phi) is 8.61. The molecule has 0 radical (unpaired) electrons. The average Bonchev–Trinajstić information content (AvgIpc) is 3.02. The molecule has 6 heteroatoms. The van der Waals surface area contributed by atoms with Crippen molar-refractivity contribution in [3.63, 3.8) is 0 Å². The summed E-state index contributed by atoms with van der Waals surface area (Å²) in [6.45, 7) is 4.00. The highest BCUT2D eigenvalue weighted by atomic mass is 31.2. The lowest BCUT2D eigenvalue weighted by Crippen LogP contribution is -2.25. The largest absolute Gasteiger partial charge is 0.509 e. The molecule has 1 heterocycles. The molecule has 0 amide bonds. The van der Waals surface area contributed by atoms with Crippen LogP contribution in [0.5, 0.6) is 0 Å². The van der Waals surface area contributed by atoms with Crippen molar-refractivity contribution in [2.75, 3.05) is 14.2 Å². The van der Waals surface area contributed by atoms with Crippen LogP contribution in [0.1, 0.15) is 31.9 Å². The van der Waals surface area contributed by atoms with Crippen LogP contribution in [0.2, 0.25) is 0 Å². The monoisotopic (exact) mass is 328 g/mol. The van der Waals surface area contributed by atoms with Gasteiger partial charge in [-0.25, -0.2) is 0 Å². The Morgan fingerprint density at radius 3 is 2.45 bits per heavy atom. The predicted molar refractivity (Wildman–Crippen MR) is 87.7 cm³/mol. The first kappa shape index (κ1) is 19.1. The Bertz CT molecular complexity index is 451. The van der Waals surface area contributed by atoms with E-state index in [0.717, 1.165) is 5.56 Å². The Balaban J connectivity index is 0.00000116. The molecule has 2 N–H and O–H groups in total. The molecule has 0 spiro atoms. The van der Waals surface area contributed by atoms with Crippen LogP contribution < -0.4 is 0 Å². The van der Waals surface area contributed by atoms with Gasteiger partial charge in [-0.05, 0) is 5.56 Å². The lowest BCUT2D eigenvalue weighted by Gasteiger charge is -2.17. The summed E-state index contributed by atoms with van der Waals surface area (Å²) in [6.07, 6.45) is -0.317.